The van der Waals surface area contributed by atoms with E-state index in [-0.39, 0.29) is 0 Å². The van der Waals surface area contributed by atoms with Gasteiger partial charge < -0.3 is 13.9 Å². The fraction of sp³-hybridized carbons (Fsp3) is 0.176. The van der Waals surface area contributed by atoms with Gasteiger partial charge in [0.05, 0.1) is 24.0 Å². The lowest BCUT2D eigenvalue weighted by Gasteiger charge is -2.14. The van der Waals surface area contributed by atoms with E-state index in [0.717, 1.165) is 4.88 Å². The van der Waals surface area contributed by atoms with Crippen LogP contribution in [0.4, 0.5) is 0 Å². The number of carbonyl (C=O) groups is 1. The molecule has 0 radical (unpaired) electrons. The van der Waals surface area contributed by atoms with Crippen LogP contribution in [0.2, 0.25) is 0 Å². The molecular formula is C17H12O5S. The van der Waals surface area contributed by atoms with Gasteiger partial charge >= 0.3 is 11.6 Å². The maximum Gasteiger partial charge on any atom is 0.348 e. The molecule has 0 fully saturated rings. The summed E-state index contributed by atoms with van der Waals surface area (Å²) in [4.78, 5) is 25.5. The van der Waals surface area contributed by atoms with Crippen molar-refractivity contribution < 1.29 is 18.7 Å². The molecular weight excluding hydrogens is 316 g/mol. The second-order valence-electron chi connectivity index (χ2n) is 5.18. The summed E-state index contributed by atoms with van der Waals surface area (Å²) in [5, 5.41) is 2.57. The zero-order valence-corrected chi connectivity index (χ0v) is 13.0. The molecule has 0 unspecified atom stereocenters. The summed E-state index contributed by atoms with van der Waals surface area (Å²) in [6, 6.07) is 10.9. The molecule has 0 bridgehead atoms. The van der Waals surface area contributed by atoms with Gasteiger partial charge in [0.25, 0.3) is 0 Å². The molecule has 0 N–H and O–H groups in total. The van der Waals surface area contributed by atoms with Gasteiger partial charge in [0, 0.05) is 4.88 Å². The molecule has 23 heavy (non-hydrogen) atoms. The summed E-state index contributed by atoms with van der Waals surface area (Å²) in [6.45, 7) is 0. The first kappa shape index (κ1) is 14.0. The van der Waals surface area contributed by atoms with Crippen LogP contribution in [0, 0.1) is 0 Å². The molecule has 0 spiro atoms. The Morgan fingerprint density at radius 1 is 1.22 bits per heavy atom. The molecule has 116 valence electrons. The van der Waals surface area contributed by atoms with Crippen molar-refractivity contribution in [2.75, 3.05) is 7.11 Å². The second kappa shape index (κ2) is 5.24. The summed E-state index contributed by atoms with van der Waals surface area (Å²) in [5.41, 5.74) is 0.330. The second-order valence-corrected chi connectivity index (χ2v) is 6.16. The highest BCUT2D eigenvalue weighted by atomic mass is 32.1. The van der Waals surface area contributed by atoms with E-state index in [1.807, 2.05) is 29.6 Å². The van der Waals surface area contributed by atoms with Crippen molar-refractivity contribution in [3.05, 3.63) is 62.6 Å². The largest absolute Gasteiger partial charge is 0.476 e. The molecule has 1 aliphatic rings. The van der Waals surface area contributed by atoms with E-state index in [9.17, 15) is 9.59 Å². The first-order chi connectivity index (χ1) is 11.2. The lowest BCUT2D eigenvalue weighted by atomic mass is 9.94. The number of carbonyl (C=O) groups excluding carboxylic acids is 1. The highest BCUT2D eigenvalue weighted by molar-refractivity contribution is 7.10. The van der Waals surface area contributed by atoms with E-state index in [0.29, 0.717) is 22.3 Å². The van der Waals surface area contributed by atoms with Crippen molar-refractivity contribution in [3.8, 4) is 5.75 Å². The van der Waals surface area contributed by atoms with Crippen LogP contribution in [0.3, 0.4) is 0 Å². The van der Waals surface area contributed by atoms with Crippen LogP contribution in [-0.2, 0) is 9.53 Å². The monoisotopic (exact) mass is 328 g/mol. The van der Waals surface area contributed by atoms with Crippen LogP contribution >= 0.6 is 11.3 Å². The third kappa shape index (κ3) is 2.06. The predicted molar refractivity (Wildman–Crippen MR) is 85.1 cm³/mol. The molecule has 6 heteroatoms. The number of para-hydroxylation sites is 1. The van der Waals surface area contributed by atoms with Crippen molar-refractivity contribution in [2.24, 2.45) is 0 Å². The van der Waals surface area contributed by atoms with Gasteiger partial charge in [0.1, 0.15) is 11.3 Å². The highest BCUT2D eigenvalue weighted by Crippen LogP contribution is 2.45. The molecule has 1 aliphatic heterocycles. The van der Waals surface area contributed by atoms with Crippen molar-refractivity contribution in [1.29, 1.82) is 0 Å². The minimum atomic E-state index is -0.887. The topological polar surface area (TPSA) is 65.7 Å². The number of rotatable bonds is 2. The number of benzene rings is 1. The Bertz CT molecular complexity index is 941. The van der Waals surface area contributed by atoms with Gasteiger partial charge in [-0.05, 0) is 23.6 Å². The van der Waals surface area contributed by atoms with Crippen molar-refractivity contribution >= 4 is 28.3 Å². The first-order valence-electron chi connectivity index (χ1n) is 7.04. The van der Waals surface area contributed by atoms with Crippen LogP contribution in [0.15, 0.2) is 51.0 Å². The molecule has 0 amide bonds. The Morgan fingerprint density at radius 2 is 2.04 bits per heavy atom. The van der Waals surface area contributed by atoms with Gasteiger partial charge in [0.2, 0.25) is 6.10 Å². The molecule has 3 aromatic rings. The molecule has 0 saturated carbocycles. The van der Waals surface area contributed by atoms with Crippen molar-refractivity contribution in [1.82, 2.24) is 0 Å². The molecule has 2 aromatic heterocycles. The lowest BCUT2D eigenvalue weighted by Crippen LogP contribution is -2.31. The average molecular weight is 328 g/mol. The van der Waals surface area contributed by atoms with E-state index >= 15 is 0 Å². The van der Waals surface area contributed by atoms with Gasteiger partial charge in [0.15, 0.2) is 0 Å². The number of ether oxygens (including phenoxy) is 2. The van der Waals surface area contributed by atoms with Gasteiger partial charge in [-0.3, -0.25) is 0 Å². The highest BCUT2D eigenvalue weighted by Gasteiger charge is 2.45. The zero-order chi connectivity index (χ0) is 16.0. The summed E-state index contributed by atoms with van der Waals surface area (Å²) in [5.74, 6) is -0.618. The van der Waals surface area contributed by atoms with Gasteiger partial charge in [-0.15, -0.1) is 11.3 Å². The summed E-state index contributed by atoms with van der Waals surface area (Å²) in [7, 11) is 1.31. The molecule has 3 heterocycles. The molecule has 1 aromatic carbocycles. The van der Waals surface area contributed by atoms with Crippen molar-refractivity contribution in [3.63, 3.8) is 0 Å². The molecule has 0 aliphatic carbocycles. The van der Waals surface area contributed by atoms with Crippen LogP contribution in [-0.4, -0.2) is 19.2 Å². The summed E-state index contributed by atoms with van der Waals surface area (Å²) < 4.78 is 16.1. The molecule has 4 rings (SSSR count). The summed E-state index contributed by atoms with van der Waals surface area (Å²) >= 11 is 1.46. The maximum atomic E-state index is 12.5. The molecule has 2 atom stereocenters. The molecule has 0 saturated heterocycles. The number of hydrogen-bond acceptors (Lipinski definition) is 6. The van der Waals surface area contributed by atoms with E-state index in [2.05, 4.69) is 0 Å². The normalized spacial score (nSPS) is 19.3. The number of esters is 1. The third-order valence-corrected chi connectivity index (χ3v) is 4.90. The zero-order valence-electron chi connectivity index (χ0n) is 12.1. The van der Waals surface area contributed by atoms with E-state index in [1.54, 1.807) is 12.1 Å². The van der Waals surface area contributed by atoms with Crippen LogP contribution in [0.25, 0.3) is 11.0 Å². The number of thiophene rings is 1. The van der Waals surface area contributed by atoms with Gasteiger partial charge in [-0.2, -0.15) is 0 Å². The Hall–Kier alpha value is -2.60. The minimum Gasteiger partial charge on any atom is -0.476 e. The van der Waals surface area contributed by atoms with E-state index in [1.165, 1.54) is 18.4 Å². The average Bonchev–Trinajstić information content (AvgIpc) is 3.21. The van der Waals surface area contributed by atoms with Crippen LogP contribution < -0.4 is 10.4 Å². The molecule has 5 nitrogen and oxygen atoms in total. The fourth-order valence-corrected chi connectivity index (χ4v) is 3.80. The van der Waals surface area contributed by atoms with E-state index < -0.39 is 23.6 Å². The lowest BCUT2D eigenvalue weighted by molar-refractivity contribution is -0.148. The maximum absolute atomic E-state index is 12.5. The third-order valence-electron chi connectivity index (χ3n) is 3.94. The van der Waals surface area contributed by atoms with Gasteiger partial charge in [-0.1, -0.05) is 18.2 Å². The number of methoxy groups -OCH3 is 1. The van der Waals surface area contributed by atoms with E-state index in [4.69, 9.17) is 13.9 Å². The minimum absolute atomic E-state index is 0.376. The summed E-state index contributed by atoms with van der Waals surface area (Å²) in [6.07, 6.45) is -0.887. The Balaban J connectivity index is 2.00. The van der Waals surface area contributed by atoms with Crippen molar-refractivity contribution in [2.45, 2.75) is 12.0 Å². The Kier molecular flexibility index (Phi) is 3.20. The smallest absolute Gasteiger partial charge is 0.348 e. The predicted octanol–water partition coefficient (Wildman–Crippen LogP) is 2.92. The number of fused-ring (bicyclic) bond motifs is 3. The Labute approximate surface area is 135 Å². The fourth-order valence-electron chi connectivity index (χ4n) is 2.94. The standard InChI is InChI=1S/C17H12O5S/c1-20-17(19)15-12(11-7-4-8-23-11)13-14(22-15)9-5-2-3-6-10(9)21-16(13)18/h2-8,12,15H,1H3/t12-,15-/m1/s1. The first-order valence-corrected chi connectivity index (χ1v) is 7.92. The van der Waals surface area contributed by atoms with Gasteiger partial charge in [-0.25, -0.2) is 9.59 Å². The SMILES string of the molecule is COC(=O)[C@@H]1Oc2c(c(=O)oc3ccccc23)[C@H]1c1cccs1. The number of hydrogen-bond donors (Lipinski definition) is 0. The van der Waals surface area contributed by atoms with Crippen LogP contribution in [0.5, 0.6) is 5.75 Å². The quantitative estimate of drug-likeness (QED) is 0.534. The Morgan fingerprint density at radius 3 is 2.78 bits per heavy atom. The van der Waals surface area contributed by atoms with Crippen LogP contribution in [0.1, 0.15) is 16.4 Å².